The lowest BCUT2D eigenvalue weighted by atomic mass is 9.79. The van der Waals surface area contributed by atoms with Gasteiger partial charge in [0.15, 0.2) is 0 Å². The molecular weight excluding hydrogens is 230 g/mol. The largest absolute Gasteiger partial charge is 0.393 e. The van der Waals surface area contributed by atoms with E-state index in [1.54, 1.807) is 6.20 Å². The third kappa shape index (κ3) is 1.92. The van der Waals surface area contributed by atoms with E-state index in [9.17, 15) is 5.11 Å². The summed E-state index contributed by atoms with van der Waals surface area (Å²) >= 11 is 3.45. The van der Waals surface area contributed by atoms with Crippen molar-refractivity contribution in [2.45, 2.75) is 25.4 Å². The molecular formula is C10H12BrNO. The minimum absolute atomic E-state index is 0.103. The molecule has 2 nitrogen and oxygen atoms in total. The van der Waals surface area contributed by atoms with Gasteiger partial charge in [0.2, 0.25) is 0 Å². The Balaban J connectivity index is 2.05. The molecule has 3 heteroatoms. The van der Waals surface area contributed by atoms with E-state index in [0.29, 0.717) is 5.92 Å². The second kappa shape index (κ2) is 3.76. The van der Waals surface area contributed by atoms with E-state index in [1.807, 2.05) is 12.1 Å². The summed E-state index contributed by atoms with van der Waals surface area (Å²) in [6.45, 7) is 0. The monoisotopic (exact) mass is 241 g/mol. The van der Waals surface area contributed by atoms with Crippen LogP contribution in [0.4, 0.5) is 0 Å². The van der Waals surface area contributed by atoms with Gasteiger partial charge >= 0.3 is 0 Å². The van der Waals surface area contributed by atoms with Crippen LogP contribution in [-0.4, -0.2) is 16.2 Å². The summed E-state index contributed by atoms with van der Waals surface area (Å²) in [7, 11) is 0. The Labute approximate surface area is 86.1 Å². The molecule has 2 atom stereocenters. The summed E-state index contributed by atoms with van der Waals surface area (Å²) in [6.07, 6.45) is 4.67. The maximum absolute atomic E-state index is 9.42. The second-order valence-corrected chi connectivity index (χ2v) is 4.40. The molecule has 2 rings (SSSR count). The van der Waals surface area contributed by atoms with Crippen LogP contribution in [0.2, 0.25) is 0 Å². The third-order valence-electron chi connectivity index (χ3n) is 2.67. The van der Waals surface area contributed by atoms with Crippen LogP contribution in [-0.2, 0) is 6.42 Å². The highest BCUT2D eigenvalue weighted by atomic mass is 79.9. The molecule has 70 valence electrons. The van der Waals surface area contributed by atoms with Crippen molar-refractivity contribution in [3.8, 4) is 0 Å². The second-order valence-electron chi connectivity index (χ2n) is 3.54. The molecule has 2 unspecified atom stereocenters. The van der Waals surface area contributed by atoms with Gasteiger partial charge in [-0.05, 0) is 53.2 Å². The number of nitrogens with zero attached hydrogens (tertiary/aromatic N) is 1. The maximum Gasteiger partial charge on any atom is 0.0572 e. The Bertz CT molecular complexity index is 303. The molecule has 1 heterocycles. The number of halogens is 1. The zero-order chi connectivity index (χ0) is 9.26. The Morgan fingerprint density at radius 2 is 2.38 bits per heavy atom. The molecule has 1 aromatic rings. The number of aromatic nitrogens is 1. The fourth-order valence-corrected chi connectivity index (χ4v) is 2.02. The van der Waals surface area contributed by atoms with Crippen molar-refractivity contribution in [3.05, 3.63) is 28.5 Å². The predicted molar refractivity (Wildman–Crippen MR) is 54.4 cm³/mol. The first kappa shape index (κ1) is 9.16. The van der Waals surface area contributed by atoms with Crippen LogP contribution in [0.5, 0.6) is 0 Å². The summed E-state index contributed by atoms with van der Waals surface area (Å²) in [5.74, 6) is 0.422. The quantitative estimate of drug-likeness (QED) is 0.861. The minimum Gasteiger partial charge on any atom is -0.393 e. The van der Waals surface area contributed by atoms with Crippen LogP contribution in [0.25, 0.3) is 0 Å². The van der Waals surface area contributed by atoms with Crippen molar-refractivity contribution in [1.82, 2.24) is 4.98 Å². The summed E-state index contributed by atoms with van der Waals surface area (Å²) in [4.78, 5) is 4.28. The van der Waals surface area contributed by atoms with Crippen LogP contribution < -0.4 is 0 Å². The maximum atomic E-state index is 9.42. The van der Waals surface area contributed by atoms with Crippen molar-refractivity contribution in [2.75, 3.05) is 0 Å². The average molecular weight is 242 g/mol. The number of aliphatic hydroxyl groups is 1. The predicted octanol–water partition coefficient (Wildman–Crippen LogP) is 2.16. The van der Waals surface area contributed by atoms with E-state index in [-0.39, 0.29) is 6.10 Å². The summed E-state index contributed by atoms with van der Waals surface area (Å²) in [5, 5.41) is 9.42. The van der Waals surface area contributed by atoms with Gasteiger partial charge in [0.25, 0.3) is 0 Å². The minimum atomic E-state index is -0.103. The van der Waals surface area contributed by atoms with Gasteiger partial charge in [-0.3, -0.25) is 4.98 Å². The van der Waals surface area contributed by atoms with E-state index in [2.05, 4.69) is 20.9 Å². The van der Waals surface area contributed by atoms with Gasteiger partial charge in [0.1, 0.15) is 0 Å². The summed E-state index contributed by atoms with van der Waals surface area (Å²) < 4.78 is 1.05. The van der Waals surface area contributed by atoms with Gasteiger partial charge in [-0.2, -0.15) is 0 Å². The molecule has 0 radical (unpaired) electrons. The lowest BCUT2D eigenvalue weighted by Gasteiger charge is -2.32. The van der Waals surface area contributed by atoms with Crippen molar-refractivity contribution < 1.29 is 5.11 Å². The Kier molecular flexibility index (Phi) is 2.65. The van der Waals surface area contributed by atoms with Gasteiger partial charge < -0.3 is 5.11 Å². The van der Waals surface area contributed by atoms with Crippen LogP contribution >= 0.6 is 15.9 Å². The van der Waals surface area contributed by atoms with Crippen molar-refractivity contribution >= 4 is 15.9 Å². The molecule has 1 aromatic heterocycles. The Hall–Kier alpha value is -0.410. The van der Waals surface area contributed by atoms with Gasteiger partial charge in [-0.1, -0.05) is 0 Å². The number of aliphatic hydroxyl groups excluding tert-OH is 1. The number of pyridine rings is 1. The van der Waals surface area contributed by atoms with E-state index >= 15 is 0 Å². The normalized spacial score (nSPS) is 26.9. The molecule has 0 aliphatic heterocycles. The number of hydrogen-bond donors (Lipinski definition) is 1. The fourth-order valence-electron chi connectivity index (χ4n) is 1.61. The van der Waals surface area contributed by atoms with Gasteiger partial charge in [-0.25, -0.2) is 0 Å². The first-order chi connectivity index (χ1) is 6.27. The third-order valence-corrected chi connectivity index (χ3v) is 3.39. The lowest BCUT2D eigenvalue weighted by molar-refractivity contribution is 0.0238. The first-order valence-corrected chi connectivity index (χ1v) is 5.34. The fraction of sp³-hybridized carbons (Fsp3) is 0.500. The van der Waals surface area contributed by atoms with Gasteiger partial charge in [-0.15, -0.1) is 0 Å². The van der Waals surface area contributed by atoms with E-state index in [0.717, 1.165) is 29.4 Å². The molecule has 1 saturated carbocycles. The van der Waals surface area contributed by atoms with Crippen molar-refractivity contribution in [1.29, 1.82) is 0 Å². The Morgan fingerprint density at radius 3 is 2.92 bits per heavy atom. The first-order valence-electron chi connectivity index (χ1n) is 4.55. The van der Waals surface area contributed by atoms with Crippen LogP contribution in [0.15, 0.2) is 22.8 Å². The van der Waals surface area contributed by atoms with Gasteiger partial charge in [0, 0.05) is 10.7 Å². The molecule has 0 spiro atoms. The highest BCUT2D eigenvalue weighted by Crippen LogP contribution is 2.31. The van der Waals surface area contributed by atoms with Crippen molar-refractivity contribution in [2.24, 2.45) is 5.92 Å². The molecule has 0 aromatic carbocycles. The summed E-state index contributed by atoms with van der Waals surface area (Å²) in [5.41, 5.74) is 1.06. The molecule has 1 aliphatic rings. The topological polar surface area (TPSA) is 33.1 Å². The van der Waals surface area contributed by atoms with E-state index in [4.69, 9.17) is 0 Å². The summed E-state index contributed by atoms with van der Waals surface area (Å²) in [6, 6.07) is 3.90. The van der Waals surface area contributed by atoms with Crippen molar-refractivity contribution in [3.63, 3.8) is 0 Å². The number of hydrogen-bond acceptors (Lipinski definition) is 2. The molecule has 0 bridgehead atoms. The highest BCUT2D eigenvalue weighted by Gasteiger charge is 2.29. The molecule has 0 saturated heterocycles. The lowest BCUT2D eigenvalue weighted by Crippen LogP contribution is -2.32. The molecule has 13 heavy (non-hydrogen) atoms. The van der Waals surface area contributed by atoms with Crippen LogP contribution in [0.3, 0.4) is 0 Å². The standard InChI is InChI=1S/C10H12BrNO/c11-8-2-1-5-12-9(8)6-7-3-4-10(7)13/h1-2,5,7,10,13H,3-4,6H2. The molecule has 1 fully saturated rings. The van der Waals surface area contributed by atoms with Gasteiger partial charge in [0.05, 0.1) is 11.8 Å². The smallest absolute Gasteiger partial charge is 0.0572 e. The SMILES string of the molecule is OC1CCC1Cc1ncccc1Br. The van der Waals surface area contributed by atoms with E-state index in [1.165, 1.54) is 0 Å². The van der Waals surface area contributed by atoms with Crippen LogP contribution in [0.1, 0.15) is 18.5 Å². The zero-order valence-corrected chi connectivity index (χ0v) is 8.87. The van der Waals surface area contributed by atoms with E-state index < -0.39 is 0 Å². The van der Waals surface area contributed by atoms with Crippen LogP contribution in [0, 0.1) is 5.92 Å². The highest BCUT2D eigenvalue weighted by molar-refractivity contribution is 9.10. The molecule has 0 amide bonds. The number of rotatable bonds is 2. The average Bonchev–Trinajstić information content (AvgIpc) is 2.14. The zero-order valence-electron chi connectivity index (χ0n) is 7.28. The molecule has 1 N–H and O–H groups in total. The molecule has 1 aliphatic carbocycles. The Morgan fingerprint density at radius 1 is 1.54 bits per heavy atom.